The molecule has 8 heteroatoms. The van der Waals surface area contributed by atoms with Crippen LogP contribution in [0.15, 0.2) is 40.9 Å². The van der Waals surface area contributed by atoms with Crippen molar-refractivity contribution >= 4 is 21.6 Å². The van der Waals surface area contributed by atoms with Gasteiger partial charge in [0.2, 0.25) is 0 Å². The minimum Gasteiger partial charge on any atom is -0.493 e. The van der Waals surface area contributed by atoms with Crippen molar-refractivity contribution < 1.29 is 19.1 Å². The maximum absolute atomic E-state index is 10.8. The molecule has 164 valence electrons. The van der Waals surface area contributed by atoms with E-state index in [4.69, 9.17) is 14.2 Å². The van der Waals surface area contributed by atoms with E-state index in [0.717, 1.165) is 54.6 Å². The van der Waals surface area contributed by atoms with Crippen LogP contribution in [0.25, 0.3) is 0 Å². The summed E-state index contributed by atoms with van der Waals surface area (Å²) >= 11 is 3.60. The summed E-state index contributed by atoms with van der Waals surface area (Å²) in [6.45, 7) is 5.63. The fourth-order valence-electron chi connectivity index (χ4n) is 2.73. The second-order valence-electron chi connectivity index (χ2n) is 6.80. The average molecular weight is 481 g/mol. The van der Waals surface area contributed by atoms with E-state index in [-0.39, 0.29) is 12.3 Å². The van der Waals surface area contributed by atoms with E-state index in [0.29, 0.717) is 18.0 Å². The highest BCUT2D eigenvalue weighted by Gasteiger charge is 2.11. The molecule has 0 radical (unpaired) electrons. The Labute approximate surface area is 186 Å². The van der Waals surface area contributed by atoms with E-state index >= 15 is 0 Å². The third-order valence-corrected chi connectivity index (χ3v) is 5.21. The van der Waals surface area contributed by atoms with Crippen molar-refractivity contribution in [2.75, 3.05) is 26.9 Å². The molecule has 0 saturated carbocycles. The van der Waals surface area contributed by atoms with Crippen LogP contribution in [0.5, 0.6) is 11.5 Å². The first kappa shape index (κ1) is 24.1. The number of benzene rings is 2. The number of nitro benzene ring substituents is 1. The van der Waals surface area contributed by atoms with Crippen LogP contribution in [-0.2, 0) is 17.9 Å². The monoisotopic (exact) mass is 480 g/mol. The molecule has 0 aliphatic rings. The third kappa shape index (κ3) is 7.93. The van der Waals surface area contributed by atoms with Crippen LogP contribution in [0.4, 0.5) is 5.69 Å². The van der Waals surface area contributed by atoms with Gasteiger partial charge >= 0.3 is 0 Å². The summed E-state index contributed by atoms with van der Waals surface area (Å²) in [5.74, 6) is 1.25. The predicted molar refractivity (Wildman–Crippen MR) is 120 cm³/mol. The summed E-state index contributed by atoms with van der Waals surface area (Å²) in [6.07, 6.45) is 3.23. The first-order chi connectivity index (χ1) is 14.5. The molecule has 0 amide bonds. The van der Waals surface area contributed by atoms with E-state index in [1.807, 2.05) is 12.1 Å². The Morgan fingerprint density at radius 2 is 1.83 bits per heavy atom. The molecule has 0 atom stereocenters. The number of ether oxygens (including phenoxy) is 3. The number of rotatable bonds is 14. The summed E-state index contributed by atoms with van der Waals surface area (Å²) in [5, 5.41) is 14.2. The van der Waals surface area contributed by atoms with Crippen LogP contribution < -0.4 is 14.8 Å². The minimum atomic E-state index is -0.420. The molecule has 0 aromatic heterocycles. The molecule has 0 unspecified atom stereocenters. The highest BCUT2D eigenvalue weighted by Crippen LogP contribution is 2.34. The maximum Gasteiger partial charge on any atom is 0.269 e. The van der Waals surface area contributed by atoms with Crippen LogP contribution in [0, 0.1) is 10.1 Å². The number of nitrogens with zero attached hydrogens (tertiary/aromatic N) is 1. The molecular formula is C22H29BrN2O5. The Morgan fingerprint density at radius 1 is 1.10 bits per heavy atom. The Bertz CT molecular complexity index is 799. The molecule has 2 aromatic carbocycles. The first-order valence-electron chi connectivity index (χ1n) is 10.1. The van der Waals surface area contributed by atoms with E-state index in [2.05, 4.69) is 28.2 Å². The number of methoxy groups -OCH3 is 1. The van der Waals surface area contributed by atoms with E-state index < -0.39 is 4.92 Å². The standard InChI is InChI=1S/C22H29BrN2O5/c1-3-4-11-29-12-5-10-24-15-18-13-21(28-2)22(14-20(18)23)30-16-17-6-8-19(9-7-17)25(26)27/h6-9,13-14,24H,3-5,10-12,15-16H2,1-2H3. The van der Waals surface area contributed by atoms with Gasteiger partial charge in [0.15, 0.2) is 11.5 Å². The summed E-state index contributed by atoms with van der Waals surface area (Å²) in [4.78, 5) is 10.3. The highest BCUT2D eigenvalue weighted by atomic mass is 79.9. The van der Waals surface area contributed by atoms with Crippen molar-refractivity contribution in [3.8, 4) is 11.5 Å². The minimum absolute atomic E-state index is 0.0587. The number of non-ortho nitro benzene ring substituents is 1. The second-order valence-corrected chi connectivity index (χ2v) is 7.66. The fourth-order valence-corrected chi connectivity index (χ4v) is 3.19. The van der Waals surface area contributed by atoms with Crippen molar-refractivity contribution in [2.24, 2.45) is 0 Å². The molecule has 0 aliphatic carbocycles. The number of hydrogen-bond donors (Lipinski definition) is 1. The van der Waals surface area contributed by atoms with Gasteiger partial charge in [0.1, 0.15) is 6.61 Å². The van der Waals surface area contributed by atoms with Crippen molar-refractivity contribution in [3.05, 3.63) is 62.1 Å². The average Bonchev–Trinajstić information content (AvgIpc) is 2.75. The lowest BCUT2D eigenvalue weighted by Gasteiger charge is -2.14. The topological polar surface area (TPSA) is 82.9 Å². The zero-order chi connectivity index (χ0) is 21.8. The molecule has 2 aromatic rings. The molecule has 0 saturated heterocycles. The molecule has 0 heterocycles. The molecule has 2 rings (SSSR count). The Morgan fingerprint density at radius 3 is 2.50 bits per heavy atom. The van der Waals surface area contributed by atoms with Gasteiger partial charge in [0.05, 0.1) is 12.0 Å². The Hall–Kier alpha value is -2.16. The number of nitro groups is 1. The number of halogens is 1. The molecule has 30 heavy (non-hydrogen) atoms. The summed E-state index contributed by atoms with van der Waals surface area (Å²) in [6, 6.07) is 10.1. The fraction of sp³-hybridized carbons (Fsp3) is 0.455. The third-order valence-electron chi connectivity index (χ3n) is 4.47. The predicted octanol–water partition coefficient (Wildman–Crippen LogP) is 5.24. The lowest BCUT2D eigenvalue weighted by Crippen LogP contribution is -2.17. The molecule has 0 bridgehead atoms. The molecular weight excluding hydrogens is 452 g/mol. The van der Waals surface area contributed by atoms with Gasteiger partial charge in [-0.1, -0.05) is 29.3 Å². The van der Waals surface area contributed by atoms with Crippen molar-refractivity contribution in [1.29, 1.82) is 0 Å². The van der Waals surface area contributed by atoms with Gasteiger partial charge in [-0.25, -0.2) is 0 Å². The smallest absolute Gasteiger partial charge is 0.269 e. The van der Waals surface area contributed by atoms with Gasteiger partial charge in [0.25, 0.3) is 5.69 Å². The van der Waals surface area contributed by atoms with Crippen molar-refractivity contribution in [3.63, 3.8) is 0 Å². The van der Waals surface area contributed by atoms with Gasteiger partial charge in [-0.2, -0.15) is 0 Å². The van der Waals surface area contributed by atoms with Gasteiger partial charge in [0, 0.05) is 36.4 Å². The van der Waals surface area contributed by atoms with Crippen LogP contribution in [0.1, 0.15) is 37.3 Å². The van der Waals surface area contributed by atoms with Crippen LogP contribution in [-0.4, -0.2) is 31.8 Å². The highest BCUT2D eigenvalue weighted by molar-refractivity contribution is 9.10. The summed E-state index contributed by atoms with van der Waals surface area (Å²) < 4.78 is 17.8. The number of hydrogen-bond acceptors (Lipinski definition) is 6. The van der Waals surface area contributed by atoms with E-state index in [1.165, 1.54) is 12.1 Å². The quantitative estimate of drug-likeness (QED) is 0.226. The van der Waals surface area contributed by atoms with Crippen LogP contribution in [0.2, 0.25) is 0 Å². The Balaban J connectivity index is 1.86. The summed E-state index contributed by atoms with van der Waals surface area (Å²) in [5.41, 5.74) is 1.97. The van der Waals surface area contributed by atoms with Crippen molar-refractivity contribution in [1.82, 2.24) is 5.32 Å². The van der Waals surface area contributed by atoms with Crippen LogP contribution >= 0.6 is 15.9 Å². The van der Waals surface area contributed by atoms with Gasteiger partial charge in [-0.05, 0) is 54.8 Å². The number of unbranched alkanes of at least 4 members (excludes halogenated alkanes) is 1. The van der Waals surface area contributed by atoms with Crippen molar-refractivity contribution in [2.45, 2.75) is 39.3 Å². The lowest BCUT2D eigenvalue weighted by atomic mass is 10.2. The van der Waals surface area contributed by atoms with Gasteiger partial charge in [-0.15, -0.1) is 0 Å². The second kappa shape index (κ2) is 13.2. The lowest BCUT2D eigenvalue weighted by molar-refractivity contribution is -0.384. The molecule has 0 spiro atoms. The Kier molecular flexibility index (Phi) is 10.6. The first-order valence-corrected chi connectivity index (χ1v) is 10.9. The number of nitrogens with one attached hydrogen (secondary N) is 1. The summed E-state index contributed by atoms with van der Waals surface area (Å²) in [7, 11) is 1.60. The largest absolute Gasteiger partial charge is 0.493 e. The normalized spacial score (nSPS) is 10.8. The molecule has 0 fully saturated rings. The van der Waals surface area contributed by atoms with Gasteiger partial charge < -0.3 is 19.5 Å². The van der Waals surface area contributed by atoms with Crippen LogP contribution in [0.3, 0.4) is 0 Å². The van der Waals surface area contributed by atoms with E-state index in [9.17, 15) is 10.1 Å². The molecule has 0 aliphatic heterocycles. The molecule has 7 nitrogen and oxygen atoms in total. The molecule has 1 N–H and O–H groups in total. The zero-order valence-electron chi connectivity index (χ0n) is 17.5. The van der Waals surface area contributed by atoms with Gasteiger partial charge in [-0.3, -0.25) is 10.1 Å². The zero-order valence-corrected chi connectivity index (χ0v) is 19.1. The maximum atomic E-state index is 10.8. The van der Waals surface area contributed by atoms with E-state index in [1.54, 1.807) is 19.2 Å². The SMILES string of the molecule is CCCCOCCCNCc1cc(OC)c(OCc2ccc([N+](=O)[O-])cc2)cc1Br.